The number of alkyl halides is 6. The van der Waals surface area contributed by atoms with Crippen LogP contribution in [0.1, 0.15) is 97.6 Å². The van der Waals surface area contributed by atoms with E-state index in [4.69, 9.17) is 122 Å². The number of rotatable bonds is 16. The minimum atomic E-state index is -3.17. The van der Waals surface area contributed by atoms with E-state index in [0.717, 1.165) is 6.92 Å². The van der Waals surface area contributed by atoms with Gasteiger partial charge in [-0.25, -0.2) is 24.0 Å². The largest absolute Gasteiger partial charge is 0.509 e. The molecule has 0 aromatic heterocycles. The van der Waals surface area contributed by atoms with E-state index in [2.05, 4.69) is 5.32 Å². The van der Waals surface area contributed by atoms with E-state index in [1.54, 1.807) is 64.1 Å². The number of esters is 3. The maximum Gasteiger partial charge on any atom is 0.509 e. The van der Waals surface area contributed by atoms with E-state index in [1.165, 1.54) is 58.9 Å². The Balaban J connectivity index is 1.70. The van der Waals surface area contributed by atoms with Gasteiger partial charge in [0.1, 0.15) is 43.2 Å². The van der Waals surface area contributed by atoms with Crippen molar-refractivity contribution in [2.24, 2.45) is 16.7 Å². The molecule has 2 aromatic carbocycles. The molecule has 13 atom stereocenters. The number of Topliss-reactive ketones (excluding diaryl/α,β-unsaturated/α-hetero) is 1. The highest BCUT2D eigenvalue weighted by Crippen LogP contribution is 2.65. The number of halogens is 6. The molecule has 2 bridgehead atoms. The number of hydrogen-bond acceptors (Lipinski definition) is 20. The molecule has 1 aliphatic heterocycles. The Morgan fingerprint density at radius 2 is 1.39 bits per heavy atom. The maximum atomic E-state index is 16.4. The average molecular weight is 1250 g/mol. The summed E-state index contributed by atoms with van der Waals surface area (Å²) in [5, 5.41) is 30.2. The number of hydrogen-bond donors (Lipinski definition) is 3. The lowest BCUT2D eigenvalue weighted by Crippen LogP contribution is -2.84. The molecule has 2 aromatic rings. The van der Waals surface area contributed by atoms with Gasteiger partial charge in [-0.05, 0) is 77.3 Å². The molecule has 27 heteroatoms. The first-order valence-corrected chi connectivity index (χ1v) is 27.3. The fraction of sp³-hybridized carbons (Fsp3) is 0.604. The van der Waals surface area contributed by atoms with E-state index < -0.39 is 170 Å². The molecule has 0 spiro atoms. The molecule has 6 rings (SSSR count). The van der Waals surface area contributed by atoms with E-state index in [1.807, 2.05) is 0 Å². The van der Waals surface area contributed by atoms with Gasteiger partial charge in [-0.1, -0.05) is 132 Å². The number of alkyl carbamates (subject to hydrolysis) is 1. The third-order valence-corrected chi connectivity index (χ3v) is 15.1. The summed E-state index contributed by atoms with van der Waals surface area (Å²) in [5.74, 6) is -6.83. The molecule has 1 heterocycles. The molecule has 442 valence electrons. The monoisotopic (exact) mass is 1240 g/mol. The zero-order valence-corrected chi connectivity index (χ0v) is 49.6. The smallest absolute Gasteiger partial charge is 0.455 e. The highest BCUT2D eigenvalue weighted by Gasteiger charge is 2.81. The summed E-state index contributed by atoms with van der Waals surface area (Å²) in [4.78, 5) is 102. The van der Waals surface area contributed by atoms with Gasteiger partial charge in [-0.3, -0.25) is 9.59 Å². The summed E-state index contributed by atoms with van der Waals surface area (Å²) in [6.07, 6.45) is -20.5. The van der Waals surface area contributed by atoms with E-state index in [9.17, 15) is 34.2 Å². The van der Waals surface area contributed by atoms with Crippen LogP contribution >= 0.6 is 69.6 Å². The van der Waals surface area contributed by atoms with Gasteiger partial charge in [0.25, 0.3) is 0 Å². The van der Waals surface area contributed by atoms with Crippen LogP contribution in [0.4, 0.5) is 14.4 Å². The Morgan fingerprint density at radius 3 is 1.90 bits per heavy atom. The maximum absolute atomic E-state index is 16.4. The SMILES string of the molecule is CCOC(C)O[C@@H](C(=O)O[C@H]1[C@H](O)C(C)=C2[C@@H](OC(=O)OCC(Cl)(Cl)Cl)C(=O)[C@]3(C)[C@@H](OC(=O)OCC(Cl)(Cl)Cl)C[C@H]4OC[C@@]4(OC(C)=O)[C@H]3[C@H](OC(=O)c3ccccc3)[C@@]1(O)C2(C)C)[C@@H](NC(=O)OC(C)(C)C)c1ccccc1. The number of carbonyl (C=O) groups excluding carboxylic acids is 7. The third-order valence-electron chi connectivity index (χ3n) is 14.4. The van der Waals surface area contributed by atoms with Gasteiger partial charge in [0.15, 0.2) is 41.6 Å². The van der Waals surface area contributed by atoms with E-state index >= 15 is 9.59 Å². The second kappa shape index (κ2) is 24.8. The molecule has 4 aliphatic rings. The van der Waals surface area contributed by atoms with Crippen molar-refractivity contribution in [2.75, 3.05) is 26.4 Å². The Morgan fingerprint density at radius 1 is 0.825 bits per heavy atom. The first kappa shape index (κ1) is 64.8. The van der Waals surface area contributed by atoms with Crippen LogP contribution in [-0.4, -0.2) is 152 Å². The summed E-state index contributed by atoms with van der Waals surface area (Å²) < 4.78 is 60.5. The molecule has 3 aliphatic carbocycles. The van der Waals surface area contributed by atoms with Gasteiger partial charge in [-0.2, -0.15) is 0 Å². The Labute approximate surface area is 491 Å². The summed E-state index contributed by atoms with van der Waals surface area (Å²) in [6, 6.07) is 13.8. The molecule has 3 N–H and O–H groups in total. The Bertz CT molecular complexity index is 2660. The zero-order chi connectivity index (χ0) is 59.7. The van der Waals surface area contributed by atoms with Gasteiger partial charge in [0, 0.05) is 25.4 Å². The first-order chi connectivity index (χ1) is 37.0. The summed E-state index contributed by atoms with van der Waals surface area (Å²) in [6.45, 7) is 11.7. The van der Waals surface area contributed by atoms with Crippen LogP contribution in [-0.2, 0) is 66.5 Å². The lowest BCUT2D eigenvalue weighted by atomic mass is 9.44. The summed E-state index contributed by atoms with van der Waals surface area (Å²) in [7, 11) is 0. The average Bonchev–Trinajstić information content (AvgIpc) is 3.35. The zero-order valence-electron chi connectivity index (χ0n) is 45.1. The molecule has 1 saturated heterocycles. The predicted molar refractivity (Wildman–Crippen MR) is 286 cm³/mol. The van der Waals surface area contributed by atoms with Crippen molar-refractivity contribution in [1.29, 1.82) is 0 Å². The number of benzene rings is 2. The van der Waals surface area contributed by atoms with Gasteiger partial charge in [0.05, 0.1) is 29.5 Å². The lowest BCUT2D eigenvalue weighted by Gasteiger charge is -2.68. The van der Waals surface area contributed by atoms with Gasteiger partial charge >= 0.3 is 36.3 Å². The van der Waals surface area contributed by atoms with Crippen molar-refractivity contribution in [3.05, 3.63) is 82.9 Å². The number of ketones is 1. The van der Waals surface area contributed by atoms with Gasteiger partial charge < -0.3 is 67.6 Å². The topological polar surface area (TPSA) is 274 Å². The van der Waals surface area contributed by atoms with Crippen LogP contribution in [0.3, 0.4) is 0 Å². The molecule has 21 nitrogen and oxygen atoms in total. The van der Waals surface area contributed by atoms with Crippen molar-refractivity contribution in [3.63, 3.8) is 0 Å². The van der Waals surface area contributed by atoms with Crippen molar-refractivity contribution in [3.8, 4) is 0 Å². The van der Waals surface area contributed by atoms with Crippen LogP contribution < -0.4 is 5.32 Å². The summed E-state index contributed by atoms with van der Waals surface area (Å²) in [5.41, 5.74) is -11.8. The van der Waals surface area contributed by atoms with Gasteiger partial charge in [0.2, 0.25) is 7.59 Å². The number of ether oxygens (including phenoxy) is 11. The fourth-order valence-corrected chi connectivity index (χ4v) is 11.4. The van der Waals surface area contributed by atoms with Gasteiger partial charge in [-0.15, -0.1) is 0 Å². The number of nitrogens with one attached hydrogen (secondary N) is 1. The number of fused-ring (bicyclic) bond motifs is 5. The number of carbonyl (C=O) groups is 7. The Hall–Kier alpha value is -4.39. The van der Waals surface area contributed by atoms with Crippen LogP contribution in [0.5, 0.6) is 0 Å². The normalized spacial score (nSPS) is 29.2. The second-order valence-corrected chi connectivity index (χ2v) is 26.3. The molecular weight excluding hydrogens is 1180 g/mol. The molecule has 0 radical (unpaired) electrons. The standard InChI is InChI=1S/C53H63Cl6NO20/c1-11-70-28(4)74-37(34(29-18-14-12-15-19-29)60-44(66)80-47(5,6)7)43(65)77-40-35(62)26(2)33-36(76-46(68)73-25-52(57,58)59)39(63)49(10)31(75-45(67)72-24-51(54,55)56)22-32-50(23-71-32,79-27(3)61)38(49)41(53(40,69)48(33,8)9)78-42(64)30-20-16-13-17-21-30/h12-21,28,31-32,34-38,40-41,62,69H,11,22-25H2,1-10H3,(H,60,66)/t28?,31-,32+,34-,35+,36+,37+,38-,40-,41-,49+,50-,53+/m0/s1. The molecule has 3 fully saturated rings. The molecular formula is C53H63Cl6NO20. The number of aliphatic hydroxyl groups excluding tert-OH is 1. The van der Waals surface area contributed by atoms with Crippen molar-refractivity contribution < 1.29 is 95.9 Å². The third kappa shape index (κ3) is 13.8. The van der Waals surface area contributed by atoms with Crippen LogP contribution in [0.2, 0.25) is 0 Å². The molecule has 80 heavy (non-hydrogen) atoms. The highest BCUT2D eigenvalue weighted by atomic mass is 35.6. The van der Waals surface area contributed by atoms with Crippen LogP contribution in [0.25, 0.3) is 0 Å². The predicted octanol–water partition coefficient (Wildman–Crippen LogP) is 8.70. The molecule has 2 saturated carbocycles. The van der Waals surface area contributed by atoms with E-state index in [-0.39, 0.29) is 23.3 Å². The van der Waals surface area contributed by atoms with E-state index in [0.29, 0.717) is 0 Å². The van der Waals surface area contributed by atoms with Crippen molar-refractivity contribution >= 4 is 112 Å². The van der Waals surface area contributed by atoms with Crippen molar-refractivity contribution in [2.45, 2.75) is 155 Å². The van der Waals surface area contributed by atoms with Crippen LogP contribution in [0.15, 0.2) is 71.8 Å². The quantitative estimate of drug-likeness (QED) is 0.0466. The lowest BCUT2D eigenvalue weighted by molar-refractivity contribution is -0.352. The molecule has 1 amide bonds. The van der Waals surface area contributed by atoms with Crippen LogP contribution in [0, 0.1) is 16.7 Å². The summed E-state index contributed by atoms with van der Waals surface area (Å²) >= 11 is 35.6. The first-order valence-electron chi connectivity index (χ1n) is 25.1. The number of aliphatic hydroxyl groups is 2. The highest BCUT2D eigenvalue weighted by molar-refractivity contribution is 6.68. The number of amides is 1. The fourth-order valence-electron chi connectivity index (χ4n) is 11.1. The minimum absolute atomic E-state index is 0.0687. The Kier molecular flexibility index (Phi) is 20.1. The second-order valence-electron chi connectivity index (χ2n) is 21.3. The minimum Gasteiger partial charge on any atom is -0.455 e. The van der Waals surface area contributed by atoms with Crippen molar-refractivity contribution in [1.82, 2.24) is 5.32 Å². The molecule has 1 unspecified atom stereocenters.